The van der Waals surface area contributed by atoms with Crippen LogP contribution in [0.25, 0.3) is 0 Å². The van der Waals surface area contributed by atoms with E-state index in [2.05, 4.69) is 27.7 Å². The van der Waals surface area contributed by atoms with Gasteiger partial charge in [0, 0.05) is 6.61 Å². The molecular weight excluding hydrogens is 174 g/mol. The first-order valence-corrected chi connectivity index (χ1v) is 5.83. The van der Waals surface area contributed by atoms with Crippen LogP contribution in [0.3, 0.4) is 0 Å². The highest BCUT2D eigenvalue weighted by atomic mass is 16.5. The van der Waals surface area contributed by atoms with Crippen molar-refractivity contribution in [2.75, 3.05) is 13.2 Å². The van der Waals surface area contributed by atoms with Gasteiger partial charge in [0.2, 0.25) is 0 Å². The molecule has 0 saturated heterocycles. The molecule has 0 aliphatic rings. The predicted octanol–water partition coefficient (Wildman–Crippen LogP) is 2.96. The Balaban J connectivity index is 3.30. The molecule has 0 aromatic heterocycles. The lowest BCUT2D eigenvalue weighted by atomic mass is 9.87. The fraction of sp³-hybridized carbons (Fsp3) is 1.00. The van der Waals surface area contributed by atoms with Crippen molar-refractivity contribution in [1.82, 2.24) is 0 Å². The summed E-state index contributed by atoms with van der Waals surface area (Å²) in [5.74, 6) is 0. The molecule has 86 valence electrons. The molecule has 0 fully saturated rings. The average Bonchev–Trinajstić information content (AvgIpc) is 2.17. The predicted molar refractivity (Wildman–Crippen MR) is 62.4 cm³/mol. The van der Waals surface area contributed by atoms with Crippen LogP contribution < -0.4 is 5.73 Å². The molecule has 0 spiro atoms. The minimum Gasteiger partial charge on any atom is -0.379 e. The van der Waals surface area contributed by atoms with Crippen LogP contribution in [0.2, 0.25) is 0 Å². The maximum Gasteiger partial charge on any atom is 0.0544 e. The summed E-state index contributed by atoms with van der Waals surface area (Å²) in [6, 6.07) is 0. The molecule has 0 aliphatic carbocycles. The Labute approximate surface area is 89.2 Å². The van der Waals surface area contributed by atoms with Crippen molar-refractivity contribution in [2.24, 2.45) is 11.1 Å². The third kappa shape index (κ3) is 7.34. The maximum atomic E-state index is 5.66. The van der Waals surface area contributed by atoms with E-state index in [4.69, 9.17) is 10.5 Å². The van der Waals surface area contributed by atoms with E-state index < -0.39 is 0 Å². The van der Waals surface area contributed by atoms with Gasteiger partial charge in [-0.2, -0.15) is 0 Å². The molecular formula is C12H27NO. The largest absolute Gasteiger partial charge is 0.379 e. The Hall–Kier alpha value is -0.0800. The molecule has 0 aromatic carbocycles. The summed E-state index contributed by atoms with van der Waals surface area (Å²) in [4.78, 5) is 0. The molecule has 14 heavy (non-hydrogen) atoms. The highest BCUT2D eigenvalue weighted by molar-refractivity contribution is 4.68. The van der Waals surface area contributed by atoms with Crippen LogP contribution in [-0.4, -0.2) is 19.3 Å². The molecule has 0 saturated carbocycles. The average molecular weight is 201 g/mol. The molecule has 2 nitrogen and oxygen atoms in total. The van der Waals surface area contributed by atoms with Crippen molar-refractivity contribution in [3.8, 4) is 0 Å². The molecule has 2 N–H and O–H groups in total. The van der Waals surface area contributed by atoms with Crippen LogP contribution in [0.1, 0.15) is 53.4 Å². The highest BCUT2D eigenvalue weighted by Crippen LogP contribution is 2.21. The molecule has 0 bridgehead atoms. The summed E-state index contributed by atoms with van der Waals surface area (Å²) in [7, 11) is 0. The second kappa shape index (κ2) is 7.24. The molecule has 0 rings (SSSR count). The van der Waals surface area contributed by atoms with Gasteiger partial charge in [-0.25, -0.2) is 0 Å². The van der Waals surface area contributed by atoms with Crippen LogP contribution in [0.15, 0.2) is 0 Å². The SMILES string of the molecule is CCC(C)OCCCCC(C)(C)CN. The first kappa shape index (κ1) is 13.9. The van der Waals surface area contributed by atoms with Gasteiger partial charge in [-0.15, -0.1) is 0 Å². The van der Waals surface area contributed by atoms with Crippen molar-refractivity contribution in [1.29, 1.82) is 0 Å². The molecule has 0 radical (unpaired) electrons. The summed E-state index contributed by atoms with van der Waals surface area (Å²) in [5.41, 5.74) is 5.96. The highest BCUT2D eigenvalue weighted by Gasteiger charge is 2.14. The van der Waals surface area contributed by atoms with Crippen molar-refractivity contribution in [3.63, 3.8) is 0 Å². The Morgan fingerprint density at radius 1 is 1.29 bits per heavy atom. The van der Waals surface area contributed by atoms with Gasteiger partial charge >= 0.3 is 0 Å². The lowest BCUT2D eigenvalue weighted by Crippen LogP contribution is -2.23. The van der Waals surface area contributed by atoms with Crippen molar-refractivity contribution < 1.29 is 4.74 Å². The van der Waals surface area contributed by atoms with Gasteiger partial charge in [0.05, 0.1) is 6.10 Å². The molecule has 2 heteroatoms. The molecule has 0 aromatic rings. The Morgan fingerprint density at radius 2 is 1.93 bits per heavy atom. The van der Waals surface area contributed by atoms with Crippen LogP contribution in [-0.2, 0) is 4.74 Å². The van der Waals surface area contributed by atoms with Crippen molar-refractivity contribution >= 4 is 0 Å². The monoisotopic (exact) mass is 201 g/mol. The minimum absolute atomic E-state index is 0.302. The van der Waals surface area contributed by atoms with Gasteiger partial charge in [0.1, 0.15) is 0 Å². The van der Waals surface area contributed by atoms with Gasteiger partial charge < -0.3 is 10.5 Å². The number of rotatable bonds is 8. The molecule has 0 heterocycles. The topological polar surface area (TPSA) is 35.2 Å². The van der Waals surface area contributed by atoms with E-state index in [0.29, 0.717) is 11.5 Å². The molecule has 0 amide bonds. The number of hydrogen-bond acceptors (Lipinski definition) is 2. The number of ether oxygens (including phenoxy) is 1. The third-order valence-electron chi connectivity index (χ3n) is 2.78. The zero-order valence-electron chi connectivity index (χ0n) is 10.3. The zero-order valence-corrected chi connectivity index (χ0v) is 10.3. The summed E-state index contributed by atoms with van der Waals surface area (Å²) in [6.45, 7) is 10.4. The maximum absolute atomic E-state index is 5.66. The van der Waals surface area contributed by atoms with E-state index >= 15 is 0 Å². The smallest absolute Gasteiger partial charge is 0.0544 e. The third-order valence-corrected chi connectivity index (χ3v) is 2.78. The Morgan fingerprint density at radius 3 is 2.43 bits per heavy atom. The van der Waals surface area contributed by atoms with E-state index in [-0.39, 0.29) is 0 Å². The van der Waals surface area contributed by atoms with E-state index in [0.717, 1.165) is 26.0 Å². The lowest BCUT2D eigenvalue weighted by molar-refractivity contribution is 0.0596. The van der Waals surface area contributed by atoms with Crippen molar-refractivity contribution in [3.05, 3.63) is 0 Å². The minimum atomic E-state index is 0.302. The molecule has 1 atom stereocenters. The Bertz CT molecular complexity index is 134. The molecule has 1 unspecified atom stereocenters. The van der Waals surface area contributed by atoms with Gasteiger partial charge in [-0.05, 0) is 38.1 Å². The summed E-state index contributed by atoms with van der Waals surface area (Å²) in [5, 5.41) is 0. The van der Waals surface area contributed by atoms with E-state index in [9.17, 15) is 0 Å². The number of nitrogens with two attached hydrogens (primary N) is 1. The first-order chi connectivity index (χ1) is 6.52. The van der Waals surface area contributed by atoms with Crippen LogP contribution >= 0.6 is 0 Å². The quantitative estimate of drug-likeness (QED) is 0.613. The fourth-order valence-electron chi connectivity index (χ4n) is 1.21. The summed E-state index contributed by atoms with van der Waals surface area (Å²) < 4.78 is 5.61. The van der Waals surface area contributed by atoms with Crippen LogP contribution in [0, 0.1) is 5.41 Å². The fourth-order valence-corrected chi connectivity index (χ4v) is 1.21. The second-order valence-corrected chi connectivity index (χ2v) is 4.92. The number of unbranched alkanes of at least 4 members (excludes halogenated alkanes) is 1. The summed E-state index contributed by atoms with van der Waals surface area (Å²) >= 11 is 0. The van der Waals surface area contributed by atoms with Gasteiger partial charge in [0.15, 0.2) is 0 Å². The zero-order chi connectivity index (χ0) is 11.0. The van der Waals surface area contributed by atoms with Crippen LogP contribution in [0.4, 0.5) is 0 Å². The van der Waals surface area contributed by atoms with E-state index in [1.54, 1.807) is 0 Å². The first-order valence-electron chi connectivity index (χ1n) is 5.83. The van der Waals surface area contributed by atoms with Gasteiger partial charge in [-0.3, -0.25) is 0 Å². The van der Waals surface area contributed by atoms with Crippen LogP contribution in [0.5, 0.6) is 0 Å². The Kier molecular flexibility index (Phi) is 7.20. The molecule has 0 aliphatic heterocycles. The number of hydrogen-bond donors (Lipinski definition) is 1. The second-order valence-electron chi connectivity index (χ2n) is 4.92. The lowest BCUT2D eigenvalue weighted by Gasteiger charge is -2.22. The normalized spacial score (nSPS) is 14.4. The van der Waals surface area contributed by atoms with E-state index in [1.807, 2.05) is 0 Å². The van der Waals surface area contributed by atoms with Gasteiger partial charge in [-0.1, -0.05) is 27.2 Å². The van der Waals surface area contributed by atoms with E-state index in [1.165, 1.54) is 12.8 Å². The standard InChI is InChI=1S/C12H27NO/c1-5-11(2)14-9-7-6-8-12(3,4)10-13/h11H,5-10,13H2,1-4H3. The summed E-state index contributed by atoms with van der Waals surface area (Å²) in [6.07, 6.45) is 5.10. The van der Waals surface area contributed by atoms with Crippen molar-refractivity contribution in [2.45, 2.75) is 59.5 Å². The van der Waals surface area contributed by atoms with Gasteiger partial charge in [0.25, 0.3) is 0 Å².